The fourth-order valence-electron chi connectivity index (χ4n) is 2.23. The fourth-order valence-corrected chi connectivity index (χ4v) is 3.34. The van der Waals surface area contributed by atoms with Crippen molar-refractivity contribution in [3.05, 3.63) is 33.9 Å². The van der Waals surface area contributed by atoms with Gasteiger partial charge in [-0.1, -0.05) is 6.07 Å². The maximum Gasteiger partial charge on any atom is 0.305 e. The number of amides is 1. The van der Waals surface area contributed by atoms with Crippen molar-refractivity contribution in [1.29, 1.82) is 0 Å². The fraction of sp³-hybridized carbons (Fsp3) is 0.462. The Balaban J connectivity index is 2.22. The molecule has 0 saturated carbocycles. The third-order valence-corrected chi connectivity index (χ3v) is 4.34. The van der Waals surface area contributed by atoms with Crippen molar-refractivity contribution in [3.63, 3.8) is 0 Å². The van der Waals surface area contributed by atoms with Crippen molar-refractivity contribution < 1.29 is 9.72 Å². The Labute approximate surface area is 121 Å². The molecule has 0 bridgehead atoms. The second-order valence-electron chi connectivity index (χ2n) is 4.57. The lowest BCUT2D eigenvalue weighted by molar-refractivity contribution is -0.384. The molecule has 1 fully saturated rings. The number of carbonyl (C=O) groups excluding carboxylic acids is 1. The van der Waals surface area contributed by atoms with Crippen molar-refractivity contribution >= 4 is 29.0 Å². The number of thioether (sulfide) groups is 1. The second kappa shape index (κ2) is 6.60. The van der Waals surface area contributed by atoms with E-state index in [4.69, 9.17) is 0 Å². The zero-order valence-electron chi connectivity index (χ0n) is 11.2. The lowest BCUT2D eigenvalue weighted by atomic mass is 10.1. The first kappa shape index (κ1) is 14.6. The molecule has 0 atom stereocenters. The summed E-state index contributed by atoms with van der Waals surface area (Å²) in [6.45, 7) is 0. The maximum absolute atomic E-state index is 12.3. The zero-order valence-corrected chi connectivity index (χ0v) is 12.0. The molecule has 2 rings (SSSR count). The van der Waals surface area contributed by atoms with Crippen molar-refractivity contribution in [2.45, 2.75) is 18.9 Å². The van der Waals surface area contributed by atoms with Crippen molar-refractivity contribution in [2.24, 2.45) is 0 Å². The zero-order chi connectivity index (χ0) is 14.5. The lowest BCUT2D eigenvalue weighted by Crippen LogP contribution is -2.37. The SMILES string of the molecule is CNc1cccc(C(=O)NC2CCSCC2)c1[N+](=O)[O-]. The van der Waals surface area contributed by atoms with Gasteiger partial charge in [0.2, 0.25) is 0 Å². The average Bonchev–Trinajstić information content (AvgIpc) is 2.47. The Morgan fingerprint density at radius 1 is 1.40 bits per heavy atom. The van der Waals surface area contributed by atoms with E-state index in [9.17, 15) is 14.9 Å². The van der Waals surface area contributed by atoms with Crippen molar-refractivity contribution in [2.75, 3.05) is 23.9 Å². The Bertz CT molecular complexity index is 516. The smallest absolute Gasteiger partial charge is 0.305 e. The molecule has 7 heteroatoms. The van der Waals surface area contributed by atoms with Gasteiger partial charge in [-0.25, -0.2) is 0 Å². The minimum Gasteiger partial charge on any atom is -0.383 e. The van der Waals surface area contributed by atoms with Crippen LogP contribution in [-0.2, 0) is 0 Å². The van der Waals surface area contributed by atoms with E-state index in [0.29, 0.717) is 5.69 Å². The Morgan fingerprint density at radius 2 is 2.10 bits per heavy atom. The summed E-state index contributed by atoms with van der Waals surface area (Å²) < 4.78 is 0. The van der Waals surface area contributed by atoms with Gasteiger partial charge in [0.25, 0.3) is 5.91 Å². The average molecular weight is 295 g/mol. The van der Waals surface area contributed by atoms with Crippen LogP contribution >= 0.6 is 11.8 Å². The number of para-hydroxylation sites is 1. The molecule has 0 unspecified atom stereocenters. The highest BCUT2D eigenvalue weighted by Crippen LogP contribution is 2.28. The number of hydrogen-bond donors (Lipinski definition) is 2. The molecule has 1 aromatic carbocycles. The summed E-state index contributed by atoms with van der Waals surface area (Å²) in [6.07, 6.45) is 1.83. The van der Waals surface area contributed by atoms with Gasteiger partial charge in [-0.05, 0) is 36.5 Å². The van der Waals surface area contributed by atoms with Crippen molar-refractivity contribution in [3.8, 4) is 0 Å². The van der Waals surface area contributed by atoms with E-state index in [1.54, 1.807) is 19.2 Å². The third-order valence-electron chi connectivity index (χ3n) is 3.29. The number of nitrogens with one attached hydrogen (secondary N) is 2. The highest BCUT2D eigenvalue weighted by molar-refractivity contribution is 7.99. The van der Waals surface area contributed by atoms with Crippen LogP contribution in [0, 0.1) is 10.1 Å². The van der Waals surface area contributed by atoms with Crippen LogP contribution in [0.2, 0.25) is 0 Å². The summed E-state index contributed by atoms with van der Waals surface area (Å²) in [4.78, 5) is 22.9. The van der Waals surface area contributed by atoms with E-state index in [1.165, 1.54) is 6.07 Å². The molecule has 0 aromatic heterocycles. The first-order chi connectivity index (χ1) is 9.63. The minimum atomic E-state index is -0.516. The van der Waals surface area contributed by atoms with E-state index >= 15 is 0 Å². The Morgan fingerprint density at radius 3 is 2.70 bits per heavy atom. The summed E-state index contributed by atoms with van der Waals surface area (Å²) in [5.41, 5.74) is 0.291. The van der Waals surface area contributed by atoms with E-state index < -0.39 is 4.92 Å². The van der Waals surface area contributed by atoms with Gasteiger partial charge in [0.1, 0.15) is 11.3 Å². The molecular weight excluding hydrogens is 278 g/mol. The van der Waals surface area contributed by atoms with Gasteiger partial charge in [-0.3, -0.25) is 14.9 Å². The van der Waals surface area contributed by atoms with Gasteiger partial charge in [0, 0.05) is 13.1 Å². The molecule has 2 N–H and O–H groups in total. The van der Waals surface area contributed by atoms with Gasteiger partial charge in [-0.2, -0.15) is 11.8 Å². The largest absolute Gasteiger partial charge is 0.383 e. The van der Waals surface area contributed by atoms with Gasteiger partial charge in [0.05, 0.1) is 4.92 Å². The van der Waals surface area contributed by atoms with E-state index in [2.05, 4.69) is 10.6 Å². The molecule has 20 heavy (non-hydrogen) atoms. The van der Waals surface area contributed by atoms with Gasteiger partial charge >= 0.3 is 5.69 Å². The summed E-state index contributed by atoms with van der Waals surface area (Å²) in [7, 11) is 1.60. The number of nitrogens with zero attached hydrogens (tertiary/aromatic N) is 1. The standard InChI is InChI=1S/C13H17N3O3S/c1-14-11-4-2-3-10(12(11)16(18)19)13(17)15-9-5-7-20-8-6-9/h2-4,9,14H,5-8H2,1H3,(H,15,17). The topological polar surface area (TPSA) is 84.3 Å². The summed E-state index contributed by atoms with van der Waals surface area (Å²) in [6, 6.07) is 4.84. The summed E-state index contributed by atoms with van der Waals surface area (Å²) >= 11 is 1.87. The van der Waals surface area contributed by atoms with Crippen LogP contribution in [-0.4, -0.2) is 35.4 Å². The molecule has 0 aliphatic carbocycles. The predicted molar refractivity (Wildman–Crippen MR) is 80.5 cm³/mol. The van der Waals surface area contributed by atoms with Crippen LogP contribution in [0.5, 0.6) is 0 Å². The Kier molecular flexibility index (Phi) is 4.84. The van der Waals surface area contributed by atoms with Gasteiger partial charge in [-0.15, -0.1) is 0 Å². The summed E-state index contributed by atoms with van der Waals surface area (Å²) in [5.74, 6) is 1.67. The van der Waals surface area contributed by atoms with Crippen LogP contribution in [0.1, 0.15) is 23.2 Å². The van der Waals surface area contributed by atoms with E-state index in [1.807, 2.05) is 11.8 Å². The highest BCUT2D eigenvalue weighted by atomic mass is 32.2. The number of carbonyl (C=O) groups is 1. The molecule has 1 amide bonds. The molecule has 1 saturated heterocycles. The normalized spacial score (nSPS) is 15.7. The first-order valence-corrected chi connectivity index (χ1v) is 7.62. The molecular formula is C13H17N3O3S. The maximum atomic E-state index is 12.3. The molecule has 6 nitrogen and oxygen atoms in total. The van der Waals surface area contributed by atoms with Crippen LogP contribution in [0.4, 0.5) is 11.4 Å². The number of nitro groups is 1. The summed E-state index contributed by atoms with van der Waals surface area (Å²) in [5, 5.41) is 16.8. The molecule has 0 spiro atoms. The minimum absolute atomic E-state index is 0.111. The molecule has 1 aliphatic heterocycles. The lowest BCUT2D eigenvalue weighted by Gasteiger charge is -2.22. The number of anilines is 1. The monoisotopic (exact) mass is 295 g/mol. The highest BCUT2D eigenvalue weighted by Gasteiger charge is 2.26. The number of hydrogen-bond acceptors (Lipinski definition) is 5. The van der Waals surface area contributed by atoms with Crippen LogP contribution < -0.4 is 10.6 Å². The first-order valence-electron chi connectivity index (χ1n) is 6.47. The molecule has 1 heterocycles. The number of rotatable bonds is 4. The van der Waals surface area contributed by atoms with Gasteiger partial charge < -0.3 is 10.6 Å². The van der Waals surface area contributed by atoms with Crippen molar-refractivity contribution in [1.82, 2.24) is 5.32 Å². The number of nitro benzene ring substituents is 1. The Hall–Kier alpha value is -1.76. The predicted octanol–water partition coefficient (Wildman–Crippen LogP) is 2.26. The molecule has 1 aromatic rings. The second-order valence-corrected chi connectivity index (χ2v) is 5.79. The number of benzene rings is 1. The van der Waals surface area contributed by atoms with Crippen LogP contribution in [0.3, 0.4) is 0 Å². The van der Waals surface area contributed by atoms with E-state index in [0.717, 1.165) is 24.3 Å². The quantitative estimate of drug-likeness (QED) is 0.657. The molecule has 1 aliphatic rings. The molecule has 108 valence electrons. The van der Waals surface area contributed by atoms with Crippen LogP contribution in [0.15, 0.2) is 18.2 Å². The van der Waals surface area contributed by atoms with E-state index in [-0.39, 0.29) is 23.2 Å². The van der Waals surface area contributed by atoms with Crippen LogP contribution in [0.25, 0.3) is 0 Å². The van der Waals surface area contributed by atoms with Gasteiger partial charge in [0.15, 0.2) is 0 Å². The molecule has 0 radical (unpaired) electrons. The third kappa shape index (κ3) is 3.22.